The van der Waals surface area contributed by atoms with Crippen molar-refractivity contribution in [3.8, 4) is 0 Å². The number of rotatable bonds is 0. The second kappa shape index (κ2) is 6.51. The smallest absolute Gasteiger partial charge is 0.178 e. The molecule has 0 saturated carbocycles. The van der Waals surface area contributed by atoms with Crippen molar-refractivity contribution in [2.45, 2.75) is 19.5 Å². The highest BCUT2D eigenvalue weighted by molar-refractivity contribution is 4.48. The average molecular weight is 166 g/mol. The minimum absolute atomic E-state index is 0.0567. The largest absolute Gasteiger partial charge is 0.397 e. The van der Waals surface area contributed by atoms with Gasteiger partial charge in [-0.05, 0) is 6.92 Å². The third-order valence-electron chi connectivity index (χ3n) is 0.862. The zero-order chi connectivity index (χ0) is 8.69. The van der Waals surface area contributed by atoms with Crippen LogP contribution in [0.4, 0.5) is 0 Å². The van der Waals surface area contributed by atoms with E-state index in [2.05, 4.69) is 9.47 Å². The Kier molecular flexibility index (Phi) is 6.39. The summed E-state index contributed by atoms with van der Waals surface area (Å²) in [7, 11) is 0. The van der Waals surface area contributed by atoms with E-state index < -0.39 is 12.6 Å². The summed E-state index contributed by atoms with van der Waals surface area (Å²) in [5.74, 6) is 0. The van der Waals surface area contributed by atoms with E-state index in [1.54, 1.807) is 6.92 Å². The molecular weight excluding hydrogens is 152 g/mol. The van der Waals surface area contributed by atoms with E-state index in [-0.39, 0.29) is 19.8 Å². The van der Waals surface area contributed by atoms with Gasteiger partial charge in [0.15, 0.2) is 12.6 Å². The van der Waals surface area contributed by atoms with Crippen molar-refractivity contribution in [3.05, 3.63) is 0 Å². The molecule has 1 saturated heterocycles. The first kappa shape index (κ1) is 10.8. The van der Waals surface area contributed by atoms with E-state index in [1.165, 1.54) is 0 Å². The van der Waals surface area contributed by atoms with E-state index in [0.29, 0.717) is 0 Å². The minimum Gasteiger partial charge on any atom is -0.397 e. The van der Waals surface area contributed by atoms with E-state index in [1.807, 2.05) is 0 Å². The fraction of sp³-hybridized carbons (Fsp3) is 1.00. The Morgan fingerprint density at radius 2 is 1.45 bits per heavy atom. The van der Waals surface area contributed by atoms with Crippen molar-refractivity contribution >= 4 is 0 Å². The highest BCUT2D eigenvalue weighted by atomic mass is 16.7. The molecule has 0 spiro atoms. The van der Waals surface area contributed by atoms with Gasteiger partial charge in [0.05, 0.1) is 0 Å². The van der Waals surface area contributed by atoms with E-state index >= 15 is 0 Å². The van der Waals surface area contributed by atoms with Gasteiger partial charge in [-0.15, -0.1) is 0 Å². The van der Waals surface area contributed by atoms with Crippen LogP contribution in [0.25, 0.3) is 0 Å². The van der Waals surface area contributed by atoms with Crippen LogP contribution in [-0.4, -0.2) is 47.7 Å². The molecule has 11 heavy (non-hydrogen) atoms. The quantitative estimate of drug-likeness (QED) is 0.415. The van der Waals surface area contributed by atoms with E-state index in [0.717, 1.165) is 0 Å². The van der Waals surface area contributed by atoms with Gasteiger partial charge in [-0.3, -0.25) is 0 Å². The molecule has 1 rings (SSSR count). The Bertz CT molecular complexity index is 69.0. The van der Waals surface area contributed by atoms with E-state index in [9.17, 15) is 0 Å². The summed E-state index contributed by atoms with van der Waals surface area (Å²) in [6.45, 7) is 2.04. The maximum atomic E-state index is 8.57. The monoisotopic (exact) mass is 166 g/mol. The van der Waals surface area contributed by atoms with Crippen LogP contribution in [0, 0.1) is 0 Å². The molecule has 3 N–H and O–H groups in total. The van der Waals surface area contributed by atoms with Crippen LogP contribution in [-0.2, 0) is 9.47 Å². The van der Waals surface area contributed by atoms with Crippen LogP contribution in [0.5, 0.6) is 0 Å². The number of aliphatic hydroxyl groups is 3. The first-order valence-corrected chi connectivity index (χ1v) is 3.40. The Labute approximate surface area is 65.2 Å². The van der Waals surface area contributed by atoms with Gasteiger partial charge in [-0.25, -0.2) is 0 Å². The molecule has 1 aliphatic heterocycles. The van der Waals surface area contributed by atoms with Gasteiger partial charge in [0.2, 0.25) is 0 Å². The van der Waals surface area contributed by atoms with Crippen molar-refractivity contribution in [1.29, 1.82) is 0 Å². The summed E-state index contributed by atoms with van der Waals surface area (Å²) >= 11 is 0. The molecule has 2 atom stereocenters. The summed E-state index contributed by atoms with van der Waals surface area (Å²) in [5, 5.41) is 24.7. The minimum atomic E-state index is -0.863. The van der Waals surface area contributed by atoms with Crippen LogP contribution < -0.4 is 0 Å². The SMILES string of the molecule is CCO.OC1COC(O)CO1. The molecule has 0 aromatic rings. The highest BCUT2D eigenvalue weighted by Crippen LogP contribution is 2.00. The fourth-order valence-corrected chi connectivity index (χ4v) is 0.483. The molecule has 0 aliphatic carbocycles. The van der Waals surface area contributed by atoms with Crippen molar-refractivity contribution < 1.29 is 24.8 Å². The summed E-state index contributed by atoms with van der Waals surface area (Å²) in [6, 6.07) is 0. The second-order valence-electron chi connectivity index (χ2n) is 1.89. The molecule has 5 nitrogen and oxygen atoms in total. The van der Waals surface area contributed by atoms with Crippen molar-refractivity contribution in [2.24, 2.45) is 0 Å². The lowest BCUT2D eigenvalue weighted by atomic mass is 10.5. The molecule has 0 amide bonds. The summed E-state index contributed by atoms with van der Waals surface area (Å²) in [6.07, 6.45) is -1.73. The topological polar surface area (TPSA) is 79.2 Å². The van der Waals surface area contributed by atoms with Crippen LogP contribution >= 0.6 is 0 Å². The molecule has 1 aliphatic rings. The Balaban J connectivity index is 0.000000292. The molecule has 1 fully saturated rings. The molecule has 0 aromatic carbocycles. The summed E-state index contributed by atoms with van der Waals surface area (Å²) in [5.41, 5.74) is 0. The van der Waals surface area contributed by atoms with Gasteiger partial charge < -0.3 is 24.8 Å². The van der Waals surface area contributed by atoms with Crippen molar-refractivity contribution in [2.75, 3.05) is 19.8 Å². The van der Waals surface area contributed by atoms with Gasteiger partial charge in [0.25, 0.3) is 0 Å². The molecule has 0 radical (unpaired) electrons. The average Bonchev–Trinajstić information content (AvgIpc) is 1.97. The molecule has 1 heterocycles. The number of hydrogen-bond acceptors (Lipinski definition) is 5. The lowest BCUT2D eigenvalue weighted by Crippen LogP contribution is -2.34. The summed E-state index contributed by atoms with van der Waals surface area (Å²) in [4.78, 5) is 0. The van der Waals surface area contributed by atoms with Gasteiger partial charge >= 0.3 is 0 Å². The fourth-order valence-electron chi connectivity index (χ4n) is 0.483. The zero-order valence-corrected chi connectivity index (χ0v) is 6.43. The number of ether oxygens (including phenoxy) is 2. The Morgan fingerprint density at radius 3 is 1.64 bits per heavy atom. The van der Waals surface area contributed by atoms with Crippen LogP contribution in [0.3, 0.4) is 0 Å². The third kappa shape index (κ3) is 6.21. The summed E-state index contributed by atoms with van der Waals surface area (Å²) < 4.78 is 9.14. The zero-order valence-electron chi connectivity index (χ0n) is 6.43. The molecule has 5 heteroatoms. The number of hydrogen-bond donors (Lipinski definition) is 3. The van der Waals surface area contributed by atoms with Gasteiger partial charge in [0.1, 0.15) is 13.2 Å². The molecule has 0 bridgehead atoms. The van der Waals surface area contributed by atoms with Crippen LogP contribution in [0.1, 0.15) is 6.92 Å². The van der Waals surface area contributed by atoms with Crippen LogP contribution in [0.15, 0.2) is 0 Å². The molecular formula is C6H14O5. The van der Waals surface area contributed by atoms with Crippen LogP contribution in [0.2, 0.25) is 0 Å². The number of aliphatic hydroxyl groups excluding tert-OH is 3. The molecule has 0 aromatic heterocycles. The van der Waals surface area contributed by atoms with E-state index in [4.69, 9.17) is 15.3 Å². The predicted molar refractivity (Wildman–Crippen MR) is 36.7 cm³/mol. The standard InChI is InChI=1S/C4H8O4.C2H6O/c5-3-1-7-4(6)2-8-3;1-2-3/h3-6H,1-2H2;3H,2H2,1H3. The maximum Gasteiger partial charge on any atom is 0.178 e. The van der Waals surface area contributed by atoms with Gasteiger partial charge in [-0.1, -0.05) is 0 Å². The molecule has 2 unspecified atom stereocenters. The maximum absolute atomic E-state index is 8.57. The predicted octanol–water partition coefficient (Wildman–Crippen LogP) is -1.33. The van der Waals surface area contributed by atoms with Gasteiger partial charge in [-0.2, -0.15) is 0 Å². The lowest BCUT2D eigenvalue weighted by Gasteiger charge is -2.22. The Morgan fingerprint density at radius 1 is 1.18 bits per heavy atom. The molecule has 68 valence electrons. The first-order chi connectivity index (χ1) is 5.20. The van der Waals surface area contributed by atoms with Crippen molar-refractivity contribution in [3.63, 3.8) is 0 Å². The highest BCUT2D eigenvalue weighted by Gasteiger charge is 2.16. The first-order valence-electron chi connectivity index (χ1n) is 3.40. The normalized spacial score (nSPS) is 30.5. The third-order valence-corrected chi connectivity index (χ3v) is 0.862. The lowest BCUT2D eigenvalue weighted by molar-refractivity contribution is -0.263. The van der Waals surface area contributed by atoms with Gasteiger partial charge in [0, 0.05) is 6.61 Å². The van der Waals surface area contributed by atoms with Crippen molar-refractivity contribution in [1.82, 2.24) is 0 Å². The Hall–Kier alpha value is -0.200. The second-order valence-corrected chi connectivity index (χ2v) is 1.89.